The molecule has 0 fully saturated rings. The summed E-state index contributed by atoms with van der Waals surface area (Å²) >= 11 is 0. The number of benzene rings is 2. The van der Waals surface area contributed by atoms with Crippen molar-refractivity contribution in [2.45, 2.75) is 6.92 Å². The van der Waals surface area contributed by atoms with Crippen LogP contribution in [0.5, 0.6) is 0 Å². The van der Waals surface area contributed by atoms with Crippen LogP contribution in [0.3, 0.4) is 0 Å². The Kier molecular flexibility index (Phi) is 3.43. The maximum absolute atomic E-state index is 13.6. The maximum atomic E-state index is 13.6. The summed E-state index contributed by atoms with van der Waals surface area (Å²) in [7, 11) is 0. The van der Waals surface area contributed by atoms with Gasteiger partial charge in [0.2, 0.25) is 0 Å². The summed E-state index contributed by atoms with van der Waals surface area (Å²) in [5.74, 6) is -2.50. The highest BCUT2D eigenvalue weighted by Gasteiger charge is 2.13. The smallest absolute Gasteiger partial charge is 0.150 e. The molecule has 0 saturated carbocycles. The summed E-state index contributed by atoms with van der Waals surface area (Å²) in [5, 5.41) is 10.9. The molecule has 1 N–H and O–H groups in total. The van der Waals surface area contributed by atoms with Crippen molar-refractivity contribution in [3.8, 4) is 6.07 Å². The molecule has 0 atom stereocenters. The van der Waals surface area contributed by atoms with Crippen LogP contribution in [0, 0.1) is 35.7 Å². The first-order chi connectivity index (χ1) is 9.01. The highest BCUT2D eigenvalue weighted by atomic mass is 19.1. The van der Waals surface area contributed by atoms with Crippen molar-refractivity contribution in [2.24, 2.45) is 0 Å². The lowest BCUT2D eigenvalue weighted by Gasteiger charge is -2.10. The van der Waals surface area contributed by atoms with E-state index in [1.54, 1.807) is 19.1 Å². The van der Waals surface area contributed by atoms with E-state index in [1.807, 2.05) is 0 Å². The molecule has 19 heavy (non-hydrogen) atoms. The zero-order chi connectivity index (χ0) is 14.0. The number of anilines is 2. The molecule has 5 heteroatoms. The van der Waals surface area contributed by atoms with Gasteiger partial charge in [0.15, 0.2) is 11.6 Å². The van der Waals surface area contributed by atoms with Crippen LogP contribution in [0.15, 0.2) is 30.3 Å². The third kappa shape index (κ3) is 2.68. The molecule has 0 aliphatic carbocycles. The summed E-state index contributed by atoms with van der Waals surface area (Å²) in [6, 6.07) is 7.67. The molecule has 2 rings (SSSR count). The van der Waals surface area contributed by atoms with E-state index in [1.165, 1.54) is 12.1 Å². The Hall–Kier alpha value is -2.48. The van der Waals surface area contributed by atoms with Crippen molar-refractivity contribution in [3.05, 3.63) is 58.9 Å². The number of rotatable bonds is 2. The SMILES string of the molecule is Cc1ccc(Nc2c(F)cc(C#N)cc2F)c(F)c1. The third-order valence-corrected chi connectivity index (χ3v) is 2.56. The zero-order valence-corrected chi connectivity index (χ0v) is 9.97. The molecule has 0 saturated heterocycles. The molecule has 2 aromatic rings. The van der Waals surface area contributed by atoms with Crippen LogP contribution in [-0.4, -0.2) is 0 Å². The lowest BCUT2D eigenvalue weighted by atomic mass is 10.1. The Morgan fingerprint density at radius 3 is 2.16 bits per heavy atom. The third-order valence-electron chi connectivity index (χ3n) is 2.56. The zero-order valence-electron chi connectivity index (χ0n) is 9.97. The number of halogens is 3. The molecule has 0 aliphatic rings. The van der Waals surface area contributed by atoms with Crippen molar-refractivity contribution in [1.29, 1.82) is 5.26 Å². The monoisotopic (exact) mass is 262 g/mol. The summed E-state index contributed by atoms with van der Waals surface area (Å²) in [6.45, 7) is 1.70. The normalized spacial score (nSPS) is 10.1. The van der Waals surface area contributed by atoms with Gasteiger partial charge in [-0.15, -0.1) is 0 Å². The maximum Gasteiger partial charge on any atom is 0.150 e. The fraction of sp³-hybridized carbons (Fsp3) is 0.0714. The second kappa shape index (κ2) is 5.02. The van der Waals surface area contributed by atoms with E-state index in [0.717, 1.165) is 12.1 Å². The molecular formula is C14H9F3N2. The van der Waals surface area contributed by atoms with E-state index in [9.17, 15) is 13.2 Å². The van der Waals surface area contributed by atoms with Crippen molar-refractivity contribution < 1.29 is 13.2 Å². The van der Waals surface area contributed by atoms with Crippen molar-refractivity contribution >= 4 is 11.4 Å². The lowest BCUT2D eigenvalue weighted by Crippen LogP contribution is -2.00. The fourth-order valence-electron chi connectivity index (χ4n) is 1.61. The molecule has 0 spiro atoms. The summed E-state index contributed by atoms with van der Waals surface area (Å²) < 4.78 is 40.8. The van der Waals surface area contributed by atoms with Gasteiger partial charge in [-0.05, 0) is 36.8 Å². The molecular weight excluding hydrogens is 253 g/mol. The van der Waals surface area contributed by atoms with Crippen molar-refractivity contribution in [1.82, 2.24) is 0 Å². The number of hydrogen-bond acceptors (Lipinski definition) is 2. The summed E-state index contributed by atoms with van der Waals surface area (Å²) in [4.78, 5) is 0. The van der Waals surface area contributed by atoms with E-state index in [0.29, 0.717) is 5.56 Å². The first-order valence-corrected chi connectivity index (χ1v) is 5.43. The van der Waals surface area contributed by atoms with Crippen LogP contribution in [0.2, 0.25) is 0 Å². The minimum absolute atomic E-state index is 0.0342. The van der Waals surface area contributed by atoms with Gasteiger partial charge < -0.3 is 5.32 Å². The van der Waals surface area contributed by atoms with Gasteiger partial charge in [0.1, 0.15) is 11.5 Å². The quantitative estimate of drug-likeness (QED) is 0.887. The molecule has 2 aromatic carbocycles. The molecule has 0 heterocycles. The number of nitrogens with one attached hydrogen (secondary N) is 1. The van der Waals surface area contributed by atoms with E-state index in [4.69, 9.17) is 5.26 Å². The predicted molar refractivity (Wildman–Crippen MR) is 65.5 cm³/mol. The van der Waals surface area contributed by atoms with Crippen LogP contribution in [0.4, 0.5) is 24.5 Å². The topological polar surface area (TPSA) is 35.8 Å². The molecule has 96 valence electrons. The van der Waals surface area contributed by atoms with Crippen LogP contribution in [0.1, 0.15) is 11.1 Å². The van der Waals surface area contributed by atoms with Gasteiger partial charge in [-0.3, -0.25) is 0 Å². The minimum atomic E-state index is -0.948. The fourth-order valence-corrected chi connectivity index (χ4v) is 1.61. The predicted octanol–water partition coefficient (Wildman–Crippen LogP) is 4.03. The molecule has 0 bridgehead atoms. The van der Waals surface area contributed by atoms with Gasteiger partial charge in [-0.2, -0.15) is 5.26 Å². The van der Waals surface area contributed by atoms with Gasteiger partial charge in [0.25, 0.3) is 0 Å². The van der Waals surface area contributed by atoms with Gasteiger partial charge in [-0.25, -0.2) is 13.2 Å². The summed E-state index contributed by atoms with van der Waals surface area (Å²) in [6.07, 6.45) is 0. The molecule has 0 aromatic heterocycles. The number of hydrogen-bond donors (Lipinski definition) is 1. The van der Waals surface area contributed by atoms with Crippen LogP contribution < -0.4 is 5.32 Å². The van der Waals surface area contributed by atoms with Gasteiger partial charge >= 0.3 is 0 Å². The molecule has 0 radical (unpaired) electrons. The Balaban J connectivity index is 2.41. The summed E-state index contributed by atoms with van der Waals surface area (Å²) in [5.41, 5.74) is 0.0450. The molecule has 0 aliphatic heterocycles. The standard InChI is InChI=1S/C14H9F3N2/c1-8-2-3-13(10(15)4-8)19-14-11(16)5-9(7-18)6-12(14)17/h2-6,19H,1H3. The van der Waals surface area contributed by atoms with E-state index in [-0.39, 0.29) is 11.3 Å². The number of aryl methyl sites for hydroxylation is 1. The Morgan fingerprint density at radius 1 is 1.00 bits per heavy atom. The molecule has 0 amide bonds. The minimum Gasteiger partial charge on any atom is -0.348 e. The molecule has 2 nitrogen and oxygen atoms in total. The highest BCUT2D eigenvalue weighted by Crippen LogP contribution is 2.26. The van der Waals surface area contributed by atoms with Gasteiger partial charge in [0.05, 0.1) is 17.3 Å². The van der Waals surface area contributed by atoms with E-state index >= 15 is 0 Å². The second-order valence-corrected chi connectivity index (χ2v) is 4.03. The highest BCUT2D eigenvalue weighted by molar-refractivity contribution is 5.62. The number of nitrogens with zero attached hydrogens (tertiary/aromatic N) is 1. The Morgan fingerprint density at radius 2 is 1.63 bits per heavy atom. The Bertz CT molecular complexity index is 652. The number of nitriles is 1. The van der Waals surface area contributed by atoms with Crippen molar-refractivity contribution in [2.75, 3.05) is 5.32 Å². The van der Waals surface area contributed by atoms with Crippen LogP contribution >= 0.6 is 0 Å². The second-order valence-electron chi connectivity index (χ2n) is 4.03. The first-order valence-electron chi connectivity index (χ1n) is 5.43. The Labute approximate surface area is 108 Å². The van der Waals surface area contributed by atoms with E-state index < -0.39 is 23.1 Å². The van der Waals surface area contributed by atoms with E-state index in [2.05, 4.69) is 5.32 Å². The van der Waals surface area contributed by atoms with Gasteiger partial charge in [-0.1, -0.05) is 6.07 Å². The lowest BCUT2D eigenvalue weighted by molar-refractivity contribution is 0.588. The average molecular weight is 262 g/mol. The average Bonchev–Trinajstić information content (AvgIpc) is 2.35. The van der Waals surface area contributed by atoms with Crippen LogP contribution in [0.25, 0.3) is 0 Å². The van der Waals surface area contributed by atoms with Crippen molar-refractivity contribution in [3.63, 3.8) is 0 Å². The van der Waals surface area contributed by atoms with Crippen LogP contribution in [-0.2, 0) is 0 Å². The first kappa shape index (κ1) is 13.0. The van der Waals surface area contributed by atoms with Gasteiger partial charge in [0, 0.05) is 0 Å². The molecule has 0 unspecified atom stereocenters. The largest absolute Gasteiger partial charge is 0.348 e.